The number of rotatable bonds is 6. The molecule has 0 heterocycles. The molecule has 5 heteroatoms. The van der Waals surface area contributed by atoms with E-state index in [-0.39, 0.29) is 5.91 Å². The summed E-state index contributed by atoms with van der Waals surface area (Å²) in [7, 11) is 0. The predicted octanol–water partition coefficient (Wildman–Crippen LogP) is 3.17. The van der Waals surface area contributed by atoms with Crippen LogP contribution in [-0.4, -0.2) is 27.8 Å². The molecule has 0 spiro atoms. The third-order valence-electron chi connectivity index (χ3n) is 3.06. The second-order valence-electron chi connectivity index (χ2n) is 5.14. The first-order valence-electron chi connectivity index (χ1n) is 6.61. The van der Waals surface area contributed by atoms with Gasteiger partial charge in [-0.15, -0.1) is 11.8 Å². The quantitative estimate of drug-likeness (QED) is 0.791. The summed E-state index contributed by atoms with van der Waals surface area (Å²) in [5.41, 5.74) is -0.762. The number of carboxylic acid groups (broad SMARTS) is 1. The van der Waals surface area contributed by atoms with Crippen molar-refractivity contribution >= 4 is 23.6 Å². The van der Waals surface area contributed by atoms with E-state index >= 15 is 0 Å². The van der Waals surface area contributed by atoms with Crippen molar-refractivity contribution in [1.29, 1.82) is 0 Å². The molecule has 1 unspecified atom stereocenters. The molecule has 1 aromatic carbocycles. The van der Waals surface area contributed by atoms with E-state index in [1.165, 1.54) is 6.92 Å². The van der Waals surface area contributed by atoms with Crippen molar-refractivity contribution in [3.63, 3.8) is 0 Å². The van der Waals surface area contributed by atoms with Crippen molar-refractivity contribution in [3.05, 3.63) is 29.8 Å². The van der Waals surface area contributed by atoms with Crippen molar-refractivity contribution in [2.75, 3.05) is 0 Å². The Balaban J connectivity index is 2.80. The molecule has 0 saturated carbocycles. The summed E-state index contributed by atoms with van der Waals surface area (Å²) >= 11 is 1.72. The number of thioether (sulfide) groups is 1. The van der Waals surface area contributed by atoms with Crippen LogP contribution in [-0.2, 0) is 4.79 Å². The Bertz CT molecular complexity index is 484. The van der Waals surface area contributed by atoms with Gasteiger partial charge < -0.3 is 10.4 Å². The normalized spacial score (nSPS) is 13.8. The summed E-state index contributed by atoms with van der Waals surface area (Å²) in [5.74, 6) is -1.39. The molecular formula is C15H21NO3S. The summed E-state index contributed by atoms with van der Waals surface area (Å²) in [6.07, 6.45) is 0.329. The van der Waals surface area contributed by atoms with E-state index in [0.717, 1.165) is 4.90 Å². The van der Waals surface area contributed by atoms with Crippen LogP contribution >= 0.6 is 11.8 Å². The van der Waals surface area contributed by atoms with Gasteiger partial charge in [0.2, 0.25) is 0 Å². The summed E-state index contributed by atoms with van der Waals surface area (Å²) < 4.78 is 0. The second kappa shape index (κ2) is 6.79. The molecule has 1 amide bonds. The Kier molecular flexibility index (Phi) is 5.62. The summed E-state index contributed by atoms with van der Waals surface area (Å²) in [6, 6.07) is 7.20. The third kappa shape index (κ3) is 4.27. The molecule has 1 atom stereocenters. The van der Waals surface area contributed by atoms with Crippen molar-refractivity contribution in [3.8, 4) is 0 Å². The molecule has 0 bridgehead atoms. The Hall–Kier alpha value is -1.49. The van der Waals surface area contributed by atoms with Crippen LogP contribution < -0.4 is 5.32 Å². The van der Waals surface area contributed by atoms with Crippen LogP contribution in [0.2, 0.25) is 0 Å². The van der Waals surface area contributed by atoms with Crippen molar-refractivity contribution in [1.82, 2.24) is 5.32 Å². The minimum absolute atomic E-state index is 0.329. The monoisotopic (exact) mass is 295 g/mol. The van der Waals surface area contributed by atoms with Gasteiger partial charge in [0.25, 0.3) is 5.91 Å². The molecule has 20 heavy (non-hydrogen) atoms. The zero-order valence-electron chi connectivity index (χ0n) is 12.3. The first kappa shape index (κ1) is 16.6. The van der Waals surface area contributed by atoms with Gasteiger partial charge >= 0.3 is 5.97 Å². The highest BCUT2D eigenvalue weighted by molar-refractivity contribution is 7.99. The van der Waals surface area contributed by atoms with E-state index in [0.29, 0.717) is 17.2 Å². The van der Waals surface area contributed by atoms with Gasteiger partial charge in [-0.3, -0.25) is 4.79 Å². The largest absolute Gasteiger partial charge is 0.480 e. The van der Waals surface area contributed by atoms with Crippen molar-refractivity contribution in [2.45, 2.75) is 49.8 Å². The maximum absolute atomic E-state index is 12.1. The van der Waals surface area contributed by atoms with Crippen molar-refractivity contribution < 1.29 is 14.7 Å². The number of benzene rings is 1. The number of carboxylic acids is 1. The molecular weight excluding hydrogens is 274 g/mol. The molecule has 0 aliphatic carbocycles. The number of nitrogens with one attached hydrogen (secondary N) is 1. The highest BCUT2D eigenvalue weighted by Gasteiger charge is 2.32. The molecule has 0 aliphatic rings. The highest BCUT2D eigenvalue weighted by Crippen LogP contribution is 2.23. The molecule has 1 rings (SSSR count). The Labute approximate surface area is 124 Å². The number of carbonyl (C=O) groups excluding carboxylic acids is 1. The lowest BCUT2D eigenvalue weighted by Gasteiger charge is -2.24. The SMILES string of the molecule is CCC(C)(NC(=O)c1ccc(SC(C)C)cc1)C(=O)O. The van der Waals surface area contributed by atoms with Gasteiger partial charge in [-0.2, -0.15) is 0 Å². The third-order valence-corrected chi connectivity index (χ3v) is 4.07. The van der Waals surface area contributed by atoms with Crippen LogP contribution in [0.4, 0.5) is 0 Å². The predicted molar refractivity (Wildman–Crippen MR) is 81.2 cm³/mol. The van der Waals surface area contributed by atoms with E-state index in [4.69, 9.17) is 5.11 Å². The smallest absolute Gasteiger partial charge is 0.329 e. The Morgan fingerprint density at radius 1 is 1.30 bits per heavy atom. The fourth-order valence-corrected chi connectivity index (χ4v) is 2.41. The van der Waals surface area contributed by atoms with E-state index < -0.39 is 11.5 Å². The van der Waals surface area contributed by atoms with Gasteiger partial charge in [0, 0.05) is 15.7 Å². The zero-order valence-corrected chi connectivity index (χ0v) is 13.1. The lowest BCUT2D eigenvalue weighted by molar-refractivity contribution is -0.143. The van der Waals surface area contributed by atoms with Gasteiger partial charge in [0.05, 0.1) is 0 Å². The van der Waals surface area contributed by atoms with E-state index in [1.54, 1.807) is 30.8 Å². The second-order valence-corrected chi connectivity index (χ2v) is 6.79. The average Bonchev–Trinajstić information content (AvgIpc) is 2.38. The zero-order chi connectivity index (χ0) is 15.3. The summed E-state index contributed by atoms with van der Waals surface area (Å²) in [4.78, 5) is 24.3. The Morgan fingerprint density at radius 2 is 1.85 bits per heavy atom. The van der Waals surface area contributed by atoms with Crippen LogP contribution in [0.15, 0.2) is 29.2 Å². The van der Waals surface area contributed by atoms with Gasteiger partial charge in [-0.05, 0) is 37.6 Å². The molecule has 2 N–H and O–H groups in total. The molecule has 0 radical (unpaired) electrons. The number of carbonyl (C=O) groups is 2. The average molecular weight is 295 g/mol. The van der Waals surface area contributed by atoms with Gasteiger partial charge in [0.1, 0.15) is 5.54 Å². The lowest BCUT2D eigenvalue weighted by atomic mass is 9.98. The molecule has 1 aromatic rings. The maximum atomic E-state index is 12.1. The van der Waals surface area contributed by atoms with E-state index in [2.05, 4.69) is 19.2 Å². The van der Waals surface area contributed by atoms with Gasteiger partial charge in [-0.25, -0.2) is 4.79 Å². The topological polar surface area (TPSA) is 66.4 Å². The fourth-order valence-electron chi connectivity index (χ4n) is 1.57. The van der Waals surface area contributed by atoms with Gasteiger partial charge in [0.15, 0.2) is 0 Å². The van der Waals surface area contributed by atoms with E-state index in [9.17, 15) is 9.59 Å². The number of amides is 1. The molecule has 4 nitrogen and oxygen atoms in total. The van der Waals surface area contributed by atoms with Crippen LogP contribution in [0, 0.1) is 0 Å². The first-order valence-corrected chi connectivity index (χ1v) is 7.49. The Morgan fingerprint density at radius 3 is 2.25 bits per heavy atom. The van der Waals surface area contributed by atoms with Crippen molar-refractivity contribution in [2.24, 2.45) is 0 Å². The molecule has 0 aromatic heterocycles. The van der Waals surface area contributed by atoms with Crippen LogP contribution in [0.25, 0.3) is 0 Å². The van der Waals surface area contributed by atoms with Crippen LogP contribution in [0.3, 0.4) is 0 Å². The minimum Gasteiger partial charge on any atom is -0.480 e. The minimum atomic E-state index is -1.23. The molecule has 110 valence electrons. The maximum Gasteiger partial charge on any atom is 0.329 e. The van der Waals surface area contributed by atoms with Crippen LogP contribution in [0.5, 0.6) is 0 Å². The first-order chi connectivity index (χ1) is 9.28. The number of aliphatic carboxylic acids is 1. The number of hydrogen-bond donors (Lipinski definition) is 2. The fraction of sp³-hybridized carbons (Fsp3) is 0.467. The van der Waals surface area contributed by atoms with Gasteiger partial charge in [-0.1, -0.05) is 20.8 Å². The summed E-state index contributed by atoms with van der Waals surface area (Å²) in [6.45, 7) is 7.45. The van der Waals surface area contributed by atoms with E-state index in [1.807, 2.05) is 12.1 Å². The standard InChI is InChI=1S/C15H21NO3S/c1-5-15(4,14(18)19)16-13(17)11-6-8-12(9-7-11)20-10(2)3/h6-10H,5H2,1-4H3,(H,16,17)(H,18,19). The highest BCUT2D eigenvalue weighted by atomic mass is 32.2. The van der Waals surface area contributed by atoms with Crippen LogP contribution in [0.1, 0.15) is 44.5 Å². The summed E-state index contributed by atoms with van der Waals surface area (Å²) in [5, 5.41) is 12.2. The number of hydrogen-bond acceptors (Lipinski definition) is 3. The molecule has 0 fully saturated rings. The lowest BCUT2D eigenvalue weighted by Crippen LogP contribution is -2.51. The molecule has 0 saturated heterocycles. The molecule has 0 aliphatic heterocycles.